The third-order valence-corrected chi connectivity index (χ3v) is 4.41. The molecule has 110 valence electrons. The van der Waals surface area contributed by atoms with E-state index in [4.69, 9.17) is 16.3 Å². The van der Waals surface area contributed by atoms with Gasteiger partial charge >= 0.3 is 0 Å². The van der Waals surface area contributed by atoms with Crippen molar-refractivity contribution in [3.8, 4) is 5.75 Å². The van der Waals surface area contributed by atoms with Gasteiger partial charge in [0.1, 0.15) is 11.6 Å². The molecule has 0 radical (unpaired) electrons. The van der Waals surface area contributed by atoms with Crippen molar-refractivity contribution in [3.05, 3.63) is 63.9 Å². The molecule has 0 aromatic heterocycles. The first-order valence-corrected chi connectivity index (χ1v) is 7.23. The van der Waals surface area contributed by atoms with Crippen LogP contribution < -0.4 is 4.74 Å². The highest BCUT2D eigenvalue weighted by molar-refractivity contribution is 6.30. The van der Waals surface area contributed by atoms with Gasteiger partial charge in [-0.1, -0.05) is 23.7 Å². The number of halogens is 2. The summed E-state index contributed by atoms with van der Waals surface area (Å²) in [5.74, 6) is 0.262. The van der Waals surface area contributed by atoms with Crippen molar-refractivity contribution in [1.82, 2.24) is 0 Å². The Bertz CT molecular complexity index is 686. The first-order chi connectivity index (χ1) is 10.0. The minimum atomic E-state index is -0.982. The van der Waals surface area contributed by atoms with Crippen LogP contribution in [0.3, 0.4) is 0 Å². The lowest BCUT2D eigenvalue weighted by Crippen LogP contribution is -2.25. The summed E-state index contributed by atoms with van der Waals surface area (Å²) in [4.78, 5) is 0. The number of aryl methyl sites for hydroxylation is 1. The van der Waals surface area contributed by atoms with Crippen LogP contribution >= 0.6 is 11.6 Å². The van der Waals surface area contributed by atoms with Crippen molar-refractivity contribution < 1.29 is 14.2 Å². The van der Waals surface area contributed by atoms with Crippen molar-refractivity contribution in [3.63, 3.8) is 0 Å². The van der Waals surface area contributed by atoms with Crippen LogP contribution in [0.4, 0.5) is 4.39 Å². The molecule has 3 rings (SSSR count). The van der Waals surface area contributed by atoms with E-state index in [-0.39, 0.29) is 5.02 Å². The van der Waals surface area contributed by atoms with Gasteiger partial charge in [-0.3, -0.25) is 0 Å². The Morgan fingerprint density at radius 3 is 2.81 bits per heavy atom. The SMILES string of the molecule is COc1ccc2c(c1)C(O)(Cc1ccc(Cl)c(F)c1)CC2. The highest BCUT2D eigenvalue weighted by Gasteiger charge is 2.37. The Labute approximate surface area is 128 Å². The van der Waals surface area contributed by atoms with E-state index < -0.39 is 11.4 Å². The fourth-order valence-corrected chi connectivity index (χ4v) is 3.10. The van der Waals surface area contributed by atoms with Gasteiger partial charge in [-0.25, -0.2) is 4.39 Å². The number of methoxy groups -OCH3 is 1. The van der Waals surface area contributed by atoms with Gasteiger partial charge in [0.2, 0.25) is 0 Å². The van der Waals surface area contributed by atoms with E-state index in [1.54, 1.807) is 13.2 Å². The summed E-state index contributed by atoms with van der Waals surface area (Å²) in [7, 11) is 1.60. The Morgan fingerprint density at radius 1 is 1.29 bits per heavy atom. The predicted octanol–water partition coefficient (Wildman–Crippen LogP) is 3.86. The summed E-state index contributed by atoms with van der Waals surface area (Å²) in [5, 5.41) is 11.1. The molecule has 1 aliphatic rings. The Hall–Kier alpha value is -1.58. The zero-order valence-electron chi connectivity index (χ0n) is 11.7. The lowest BCUT2D eigenvalue weighted by molar-refractivity contribution is 0.0387. The zero-order valence-corrected chi connectivity index (χ0v) is 12.5. The molecule has 2 aromatic carbocycles. The second kappa shape index (κ2) is 5.32. The average Bonchev–Trinajstić information content (AvgIpc) is 2.80. The molecular weight excluding hydrogens is 291 g/mol. The number of rotatable bonds is 3. The molecule has 2 nitrogen and oxygen atoms in total. The molecule has 0 fully saturated rings. The minimum Gasteiger partial charge on any atom is -0.497 e. The standard InChI is InChI=1S/C17H16ClFO2/c1-21-13-4-3-12-6-7-17(20,14(12)9-13)10-11-2-5-15(18)16(19)8-11/h2-5,8-9,20H,6-7,10H2,1H3. The van der Waals surface area contributed by atoms with Crippen molar-refractivity contribution in [1.29, 1.82) is 0 Å². The second-order valence-corrected chi connectivity index (χ2v) is 5.89. The molecule has 1 unspecified atom stereocenters. The molecule has 0 saturated heterocycles. The third kappa shape index (κ3) is 2.63. The Kier molecular flexibility index (Phi) is 3.64. The van der Waals surface area contributed by atoms with Crippen LogP contribution in [-0.2, 0) is 18.4 Å². The smallest absolute Gasteiger partial charge is 0.142 e. The fraction of sp³-hybridized carbons (Fsp3) is 0.294. The maximum absolute atomic E-state index is 13.6. The van der Waals surface area contributed by atoms with Crippen LogP contribution in [0.5, 0.6) is 5.75 Å². The van der Waals surface area contributed by atoms with Crippen molar-refractivity contribution in [2.75, 3.05) is 7.11 Å². The molecular formula is C17H16ClFO2. The van der Waals surface area contributed by atoms with Crippen LogP contribution in [0, 0.1) is 5.82 Å². The summed E-state index contributed by atoms with van der Waals surface area (Å²) >= 11 is 5.70. The molecule has 0 bridgehead atoms. The topological polar surface area (TPSA) is 29.5 Å². The minimum absolute atomic E-state index is 0.0965. The van der Waals surface area contributed by atoms with Crippen LogP contribution in [0.25, 0.3) is 0 Å². The Balaban J connectivity index is 1.94. The fourth-order valence-electron chi connectivity index (χ4n) is 2.98. The number of hydrogen-bond acceptors (Lipinski definition) is 2. The zero-order chi connectivity index (χ0) is 15.0. The highest BCUT2D eigenvalue weighted by atomic mass is 35.5. The van der Waals surface area contributed by atoms with Gasteiger partial charge in [-0.2, -0.15) is 0 Å². The van der Waals surface area contributed by atoms with E-state index in [9.17, 15) is 9.50 Å². The maximum Gasteiger partial charge on any atom is 0.142 e. The maximum atomic E-state index is 13.6. The normalized spacial score (nSPS) is 20.4. The van der Waals surface area contributed by atoms with Gasteiger partial charge in [0.25, 0.3) is 0 Å². The monoisotopic (exact) mass is 306 g/mol. The van der Waals surface area contributed by atoms with E-state index in [1.807, 2.05) is 18.2 Å². The molecule has 0 saturated carbocycles. The Morgan fingerprint density at radius 2 is 2.10 bits per heavy atom. The molecule has 2 aromatic rings. The van der Waals surface area contributed by atoms with Crippen LogP contribution in [0.15, 0.2) is 36.4 Å². The number of fused-ring (bicyclic) bond motifs is 1. The highest BCUT2D eigenvalue weighted by Crippen LogP contribution is 2.41. The van der Waals surface area contributed by atoms with Gasteiger partial charge in [0.05, 0.1) is 17.7 Å². The largest absolute Gasteiger partial charge is 0.497 e. The molecule has 4 heteroatoms. The van der Waals surface area contributed by atoms with Crippen molar-refractivity contribution in [2.45, 2.75) is 24.9 Å². The van der Waals surface area contributed by atoms with Crippen molar-refractivity contribution >= 4 is 11.6 Å². The van der Waals surface area contributed by atoms with E-state index in [2.05, 4.69) is 0 Å². The quantitative estimate of drug-likeness (QED) is 0.933. The molecule has 1 aliphatic carbocycles. The van der Waals surface area contributed by atoms with E-state index >= 15 is 0 Å². The predicted molar refractivity (Wildman–Crippen MR) is 80.3 cm³/mol. The summed E-state index contributed by atoms with van der Waals surface area (Å²) in [6.45, 7) is 0. The van der Waals surface area contributed by atoms with Gasteiger partial charge < -0.3 is 9.84 Å². The number of hydrogen-bond donors (Lipinski definition) is 1. The van der Waals surface area contributed by atoms with Crippen LogP contribution in [0.1, 0.15) is 23.1 Å². The van der Waals surface area contributed by atoms with Gasteiger partial charge in [-0.05, 0) is 53.8 Å². The van der Waals surface area contributed by atoms with Gasteiger partial charge in [0, 0.05) is 6.42 Å². The summed E-state index contributed by atoms with van der Waals surface area (Å²) < 4.78 is 18.8. The first-order valence-electron chi connectivity index (χ1n) is 6.85. The average molecular weight is 307 g/mol. The summed E-state index contributed by atoms with van der Waals surface area (Å²) in [6.07, 6.45) is 1.80. The molecule has 1 atom stereocenters. The number of benzene rings is 2. The second-order valence-electron chi connectivity index (χ2n) is 5.48. The van der Waals surface area contributed by atoms with Gasteiger partial charge in [0.15, 0.2) is 0 Å². The molecule has 0 spiro atoms. The van der Waals surface area contributed by atoms with Crippen LogP contribution in [0.2, 0.25) is 5.02 Å². The van der Waals surface area contributed by atoms with Crippen molar-refractivity contribution in [2.24, 2.45) is 0 Å². The van der Waals surface area contributed by atoms with E-state index in [1.165, 1.54) is 12.1 Å². The molecule has 0 heterocycles. The number of ether oxygens (including phenoxy) is 1. The van der Waals surface area contributed by atoms with E-state index in [0.29, 0.717) is 12.8 Å². The van der Waals surface area contributed by atoms with E-state index in [0.717, 1.165) is 28.9 Å². The number of aliphatic hydroxyl groups is 1. The third-order valence-electron chi connectivity index (χ3n) is 4.11. The lowest BCUT2D eigenvalue weighted by Gasteiger charge is -2.24. The first kappa shape index (κ1) is 14.4. The summed E-state index contributed by atoms with van der Waals surface area (Å²) in [6, 6.07) is 10.4. The van der Waals surface area contributed by atoms with Gasteiger partial charge in [-0.15, -0.1) is 0 Å². The molecule has 0 aliphatic heterocycles. The lowest BCUT2D eigenvalue weighted by atomic mass is 9.88. The summed E-state index contributed by atoms with van der Waals surface area (Å²) in [5.41, 5.74) is 1.74. The molecule has 0 amide bonds. The molecule has 21 heavy (non-hydrogen) atoms. The van der Waals surface area contributed by atoms with Crippen LogP contribution in [-0.4, -0.2) is 12.2 Å². The molecule has 1 N–H and O–H groups in total.